The Morgan fingerprint density at radius 1 is 1.26 bits per heavy atom. The SMILES string of the molecule is CC(N)C12CC3CC(CC(c4cccnc4)(C3)C1)C2. The normalized spacial score (nSPS) is 45.4. The fraction of sp³-hybridized carbons (Fsp3) is 0.706. The van der Waals surface area contributed by atoms with Gasteiger partial charge in [0.25, 0.3) is 0 Å². The molecule has 0 aliphatic heterocycles. The number of rotatable bonds is 2. The third-order valence-electron chi connectivity index (χ3n) is 6.35. The standard InChI is InChI=1S/C17H24N2/c1-12(18)16-6-13-5-14(7-16)9-17(8-13,11-16)15-3-2-4-19-10-15/h2-4,10,12-14H,5-9,11,18H2,1H3. The van der Waals surface area contributed by atoms with Crippen molar-refractivity contribution in [1.29, 1.82) is 0 Å². The average Bonchev–Trinajstić information content (AvgIpc) is 2.38. The third-order valence-corrected chi connectivity index (χ3v) is 6.35. The highest BCUT2D eigenvalue weighted by Crippen LogP contribution is 2.66. The minimum atomic E-state index is 0.342. The number of hydrogen-bond donors (Lipinski definition) is 1. The molecule has 0 saturated heterocycles. The Morgan fingerprint density at radius 3 is 2.58 bits per heavy atom. The van der Waals surface area contributed by atoms with Gasteiger partial charge in [0, 0.05) is 18.4 Å². The monoisotopic (exact) mass is 256 g/mol. The molecule has 4 fully saturated rings. The van der Waals surface area contributed by atoms with Gasteiger partial charge in [0.1, 0.15) is 0 Å². The Balaban J connectivity index is 1.78. The van der Waals surface area contributed by atoms with E-state index in [4.69, 9.17) is 5.73 Å². The number of aromatic nitrogens is 1. The summed E-state index contributed by atoms with van der Waals surface area (Å²) in [5.74, 6) is 1.82. The summed E-state index contributed by atoms with van der Waals surface area (Å²) in [6.45, 7) is 2.24. The van der Waals surface area contributed by atoms with E-state index in [0.29, 0.717) is 16.9 Å². The molecule has 3 unspecified atom stereocenters. The van der Waals surface area contributed by atoms with Gasteiger partial charge in [0.15, 0.2) is 0 Å². The van der Waals surface area contributed by atoms with Crippen LogP contribution in [0, 0.1) is 17.3 Å². The molecule has 0 amide bonds. The third kappa shape index (κ3) is 1.62. The molecule has 0 spiro atoms. The van der Waals surface area contributed by atoms with Crippen molar-refractivity contribution in [2.45, 2.75) is 56.9 Å². The van der Waals surface area contributed by atoms with Crippen LogP contribution in [0.3, 0.4) is 0 Å². The summed E-state index contributed by atoms with van der Waals surface area (Å²) in [6.07, 6.45) is 12.3. The van der Waals surface area contributed by atoms with Gasteiger partial charge in [-0.15, -0.1) is 0 Å². The zero-order valence-electron chi connectivity index (χ0n) is 11.8. The predicted octanol–water partition coefficient (Wildman–Crippen LogP) is 3.27. The fourth-order valence-electron chi connectivity index (χ4n) is 5.88. The molecule has 4 aliphatic rings. The second kappa shape index (κ2) is 3.82. The van der Waals surface area contributed by atoms with Crippen LogP contribution >= 0.6 is 0 Å². The lowest BCUT2D eigenvalue weighted by Crippen LogP contribution is -2.59. The average molecular weight is 256 g/mol. The first-order chi connectivity index (χ1) is 9.12. The molecule has 4 saturated carbocycles. The first-order valence-electron chi connectivity index (χ1n) is 7.78. The van der Waals surface area contributed by atoms with Gasteiger partial charge < -0.3 is 5.73 Å². The molecule has 2 N–H and O–H groups in total. The lowest BCUT2D eigenvalue weighted by Gasteiger charge is -2.63. The molecular formula is C17H24N2. The molecule has 19 heavy (non-hydrogen) atoms. The van der Waals surface area contributed by atoms with Crippen molar-refractivity contribution >= 4 is 0 Å². The lowest BCUT2D eigenvalue weighted by atomic mass is 9.42. The van der Waals surface area contributed by atoms with Crippen LogP contribution in [0.25, 0.3) is 0 Å². The largest absolute Gasteiger partial charge is 0.327 e. The first kappa shape index (κ1) is 11.9. The highest BCUT2D eigenvalue weighted by Gasteiger charge is 2.59. The van der Waals surface area contributed by atoms with E-state index in [1.165, 1.54) is 44.1 Å². The number of hydrogen-bond acceptors (Lipinski definition) is 2. The molecule has 5 rings (SSSR count). The molecule has 4 aliphatic carbocycles. The first-order valence-corrected chi connectivity index (χ1v) is 7.78. The van der Waals surface area contributed by atoms with E-state index in [2.05, 4.69) is 30.2 Å². The molecule has 0 aromatic carbocycles. The van der Waals surface area contributed by atoms with E-state index in [-0.39, 0.29) is 0 Å². The van der Waals surface area contributed by atoms with Crippen molar-refractivity contribution in [3.8, 4) is 0 Å². The van der Waals surface area contributed by atoms with Gasteiger partial charge in [-0.1, -0.05) is 6.07 Å². The van der Waals surface area contributed by atoms with Gasteiger partial charge in [-0.3, -0.25) is 4.98 Å². The summed E-state index contributed by atoms with van der Waals surface area (Å²) in [5, 5.41) is 0. The van der Waals surface area contributed by atoms with Crippen LogP contribution in [0.2, 0.25) is 0 Å². The molecule has 0 radical (unpaired) electrons. The number of nitrogens with zero attached hydrogens (tertiary/aromatic N) is 1. The zero-order valence-corrected chi connectivity index (χ0v) is 11.8. The molecule has 3 atom stereocenters. The van der Waals surface area contributed by atoms with Crippen molar-refractivity contribution < 1.29 is 0 Å². The van der Waals surface area contributed by atoms with Gasteiger partial charge in [-0.25, -0.2) is 0 Å². The Labute approximate surface area is 115 Å². The molecule has 1 aromatic heterocycles. The van der Waals surface area contributed by atoms with Crippen molar-refractivity contribution in [2.75, 3.05) is 0 Å². The van der Waals surface area contributed by atoms with Crippen LogP contribution in [-0.2, 0) is 5.41 Å². The smallest absolute Gasteiger partial charge is 0.0305 e. The summed E-state index contributed by atoms with van der Waals surface area (Å²) in [7, 11) is 0. The van der Waals surface area contributed by atoms with Crippen LogP contribution in [0.4, 0.5) is 0 Å². The number of pyridine rings is 1. The maximum atomic E-state index is 6.41. The van der Waals surface area contributed by atoms with E-state index in [0.717, 1.165) is 11.8 Å². The molecular weight excluding hydrogens is 232 g/mol. The lowest BCUT2D eigenvalue weighted by molar-refractivity contribution is -0.0822. The minimum Gasteiger partial charge on any atom is -0.327 e. The van der Waals surface area contributed by atoms with E-state index < -0.39 is 0 Å². The Kier molecular flexibility index (Phi) is 2.39. The topological polar surface area (TPSA) is 38.9 Å². The summed E-state index contributed by atoms with van der Waals surface area (Å²) in [4.78, 5) is 4.38. The summed E-state index contributed by atoms with van der Waals surface area (Å²) in [5.41, 5.74) is 8.70. The van der Waals surface area contributed by atoms with E-state index in [1.807, 2.05) is 6.20 Å². The van der Waals surface area contributed by atoms with Crippen LogP contribution < -0.4 is 5.73 Å². The van der Waals surface area contributed by atoms with Gasteiger partial charge in [0.2, 0.25) is 0 Å². The van der Waals surface area contributed by atoms with E-state index in [1.54, 1.807) is 0 Å². The van der Waals surface area contributed by atoms with Crippen molar-refractivity contribution in [3.63, 3.8) is 0 Å². The highest BCUT2D eigenvalue weighted by atomic mass is 14.7. The van der Waals surface area contributed by atoms with E-state index in [9.17, 15) is 0 Å². The van der Waals surface area contributed by atoms with Crippen LogP contribution in [0.5, 0.6) is 0 Å². The molecule has 1 heterocycles. The fourth-order valence-corrected chi connectivity index (χ4v) is 5.88. The quantitative estimate of drug-likeness (QED) is 0.882. The second-order valence-corrected chi connectivity index (χ2v) is 7.63. The Bertz CT molecular complexity index is 465. The highest BCUT2D eigenvalue weighted by molar-refractivity contribution is 5.28. The van der Waals surface area contributed by atoms with Gasteiger partial charge in [0.05, 0.1) is 0 Å². The molecule has 1 aromatic rings. The van der Waals surface area contributed by atoms with E-state index >= 15 is 0 Å². The Hall–Kier alpha value is -0.890. The maximum absolute atomic E-state index is 6.41. The molecule has 2 nitrogen and oxygen atoms in total. The van der Waals surface area contributed by atoms with Gasteiger partial charge >= 0.3 is 0 Å². The number of nitrogens with two attached hydrogens (primary N) is 1. The van der Waals surface area contributed by atoms with Gasteiger partial charge in [-0.05, 0) is 79.7 Å². The maximum Gasteiger partial charge on any atom is 0.0305 e. The summed E-state index contributed by atoms with van der Waals surface area (Å²) < 4.78 is 0. The zero-order chi connectivity index (χ0) is 13.1. The molecule has 102 valence electrons. The Morgan fingerprint density at radius 2 is 2.00 bits per heavy atom. The van der Waals surface area contributed by atoms with Crippen molar-refractivity contribution in [2.24, 2.45) is 23.0 Å². The van der Waals surface area contributed by atoms with Crippen molar-refractivity contribution in [3.05, 3.63) is 30.1 Å². The second-order valence-electron chi connectivity index (χ2n) is 7.63. The molecule has 2 heteroatoms. The minimum absolute atomic E-state index is 0.342. The predicted molar refractivity (Wildman–Crippen MR) is 76.7 cm³/mol. The van der Waals surface area contributed by atoms with Crippen molar-refractivity contribution in [1.82, 2.24) is 4.98 Å². The summed E-state index contributed by atoms with van der Waals surface area (Å²) >= 11 is 0. The van der Waals surface area contributed by atoms with Crippen LogP contribution in [0.1, 0.15) is 51.0 Å². The van der Waals surface area contributed by atoms with Gasteiger partial charge in [-0.2, -0.15) is 0 Å². The van der Waals surface area contributed by atoms with Crippen LogP contribution in [0.15, 0.2) is 24.5 Å². The summed E-state index contributed by atoms with van der Waals surface area (Å²) in [6, 6.07) is 4.75. The van der Waals surface area contributed by atoms with Crippen LogP contribution in [-0.4, -0.2) is 11.0 Å². The molecule has 4 bridgehead atoms.